The topological polar surface area (TPSA) is 79.4 Å². The van der Waals surface area contributed by atoms with Crippen molar-refractivity contribution >= 4 is 15.9 Å². The molecule has 1 aromatic heterocycles. The minimum Gasteiger partial charge on any atom is -0.355 e. The number of hydrogen-bond acceptors (Lipinski definition) is 4. The van der Waals surface area contributed by atoms with Crippen LogP contribution in [0.4, 0.5) is 0 Å². The van der Waals surface area contributed by atoms with Gasteiger partial charge in [-0.3, -0.25) is 9.78 Å². The van der Waals surface area contributed by atoms with Gasteiger partial charge in [-0.1, -0.05) is 30.3 Å². The number of carbonyl (C=O) groups is 1. The van der Waals surface area contributed by atoms with Crippen molar-refractivity contribution in [2.75, 3.05) is 13.1 Å². The van der Waals surface area contributed by atoms with Crippen LogP contribution in [-0.4, -0.2) is 42.7 Å². The first kappa shape index (κ1) is 17.6. The fraction of sp³-hybridized carbons (Fsp3) is 0.333. The van der Waals surface area contributed by atoms with Crippen molar-refractivity contribution in [3.63, 3.8) is 0 Å². The Bertz CT molecular complexity index is 806. The largest absolute Gasteiger partial charge is 0.355 e. The van der Waals surface area contributed by atoms with Gasteiger partial charge in [-0.25, -0.2) is 8.42 Å². The molecule has 132 valence electrons. The van der Waals surface area contributed by atoms with Gasteiger partial charge in [-0.15, -0.1) is 0 Å². The Morgan fingerprint density at radius 2 is 1.92 bits per heavy atom. The zero-order valence-corrected chi connectivity index (χ0v) is 14.7. The minimum absolute atomic E-state index is 0.0925. The summed E-state index contributed by atoms with van der Waals surface area (Å²) in [4.78, 5) is 16.2. The number of amides is 1. The smallest absolute Gasteiger partial charge is 0.245 e. The molecule has 1 aromatic carbocycles. The molecule has 25 heavy (non-hydrogen) atoms. The van der Waals surface area contributed by atoms with Crippen LogP contribution in [0.5, 0.6) is 0 Å². The normalized spacial score (nSPS) is 14.4. The van der Waals surface area contributed by atoms with E-state index in [1.54, 1.807) is 6.07 Å². The van der Waals surface area contributed by atoms with Gasteiger partial charge in [0, 0.05) is 25.0 Å². The Hall–Kier alpha value is -2.25. The molecule has 0 saturated heterocycles. The first-order valence-electron chi connectivity index (χ1n) is 8.30. The molecule has 3 rings (SSSR count). The van der Waals surface area contributed by atoms with Crippen molar-refractivity contribution in [1.29, 1.82) is 0 Å². The molecule has 0 atom stereocenters. The van der Waals surface area contributed by atoms with Gasteiger partial charge in [0.05, 0.1) is 6.54 Å². The first-order chi connectivity index (χ1) is 12.1. The highest BCUT2D eigenvalue weighted by Gasteiger charge is 2.39. The summed E-state index contributed by atoms with van der Waals surface area (Å²) in [5.74, 6) is -0.282. The second-order valence-corrected chi connectivity index (χ2v) is 7.95. The summed E-state index contributed by atoms with van der Waals surface area (Å²) >= 11 is 0. The van der Waals surface area contributed by atoms with E-state index in [-0.39, 0.29) is 23.4 Å². The summed E-state index contributed by atoms with van der Waals surface area (Å²) in [7, 11) is -3.70. The zero-order chi connectivity index (χ0) is 17.7. The number of rotatable bonds is 8. The number of pyridine rings is 1. The zero-order valence-electron chi connectivity index (χ0n) is 13.8. The summed E-state index contributed by atoms with van der Waals surface area (Å²) in [6, 6.07) is 12.8. The molecule has 6 nitrogen and oxygen atoms in total. The van der Waals surface area contributed by atoms with Crippen molar-refractivity contribution in [3.8, 4) is 0 Å². The van der Waals surface area contributed by atoms with Crippen LogP contribution in [-0.2, 0) is 21.2 Å². The summed E-state index contributed by atoms with van der Waals surface area (Å²) in [5, 5.41) is 2.81. The summed E-state index contributed by atoms with van der Waals surface area (Å²) < 4.78 is 26.8. The van der Waals surface area contributed by atoms with E-state index in [1.807, 2.05) is 30.3 Å². The monoisotopic (exact) mass is 359 g/mol. The van der Waals surface area contributed by atoms with Gasteiger partial charge in [0.2, 0.25) is 15.9 Å². The lowest BCUT2D eigenvalue weighted by Gasteiger charge is -2.21. The number of carbonyl (C=O) groups excluding carboxylic acids is 1. The third-order valence-electron chi connectivity index (χ3n) is 4.07. The lowest BCUT2D eigenvalue weighted by atomic mass is 10.1. The van der Waals surface area contributed by atoms with Gasteiger partial charge >= 0.3 is 0 Å². The van der Waals surface area contributed by atoms with E-state index in [0.717, 1.165) is 18.4 Å². The maximum absolute atomic E-state index is 12.8. The van der Waals surface area contributed by atoms with Crippen LogP contribution in [0.2, 0.25) is 0 Å². The SMILES string of the molecule is O=C(CN(C1CC1)S(=O)(=O)c1cccnc1)NCCc1ccccc1. The third kappa shape index (κ3) is 4.64. The molecule has 0 bridgehead atoms. The van der Waals surface area contributed by atoms with Crippen molar-refractivity contribution < 1.29 is 13.2 Å². The molecule has 1 fully saturated rings. The van der Waals surface area contributed by atoms with Gasteiger partial charge in [-0.05, 0) is 37.0 Å². The Morgan fingerprint density at radius 1 is 1.16 bits per heavy atom. The Labute approximate surface area is 147 Å². The highest BCUT2D eigenvalue weighted by molar-refractivity contribution is 7.89. The molecule has 1 N–H and O–H groups in total. The van der Waals surface area contributed by atoms with E-state index in [1.165, 1.54) is 22.8 Å². The molecule has 0 radical (unpaired) electrons. The van der Waals surface area contributed by atoms with Crippen molar-refractivity contribution in [2.45, 2.75) is 30.2 Å². The van der Waals surface area contributed by atoms with Crippen LogP contribution in [0.1, 0.15) is 18.4 Å². The van der Waals surface area contributed by atoms with E-state index >= 15 is 0 Å². The molecule has 1 aliphatic carbocycles. The van der Waals surface area contributed by atoms with E-state index < -0.39 is 10.0 Å². The highest BCUT2D eigenvalue weighted by Crippen LogP contribution is 2.31. The maximum atomic E-state index is 12.8. The summed E-state index contributed by atoms with van der Waals surface area (Å²) in [6.45, 7) is 0.324. The number of sulfonamides is 1. The Balaban J connectivity index is 1.59. The van der Waals surface area contributed by atoms with Gasteiger partial charge in [0.25, 0.3) is 0 Å². The van der Waals surface area contributed by atoms with Gasteiger partial charge < -0.3 is 5.32 Å². The lowest BCUT2D eigenvalue weighted by Crippen LogP contribution is -2.42. The molecule has 0 aliphatic heterocycles. The van der Waals surface area contributed by atoms with Crippen LogP contribution in [0.15, 0.2) is 59.8 Å². The molecule has 1 heterocycles. The van der Waals surface area contributed by atoms with Gasteiger partial charge in [0.15, 0.2) is 0 Å². The average molecular weight is 359 g/mol. The number of aromatic nitrogens is 1. The fourth-order valence-electron chi connectivity index (χ4n) is 2.60. The van der Waals surface area contributed by atoms with Crippen LogP contribution < -0.4 is 5.32 Å². The fourth-order valence-corrected chi connectivity index (χ4v) is 4.20. The van der Waals surface area contributed by atoms with Crippen LogP contribution in [0.25, 0.3) is 0 Å². The second kappa shape index (κ2) is 7.76. The molecule has 7 heteroatoms. The van der Waals surface area contributed by atoms with E-state index in [2.05, 4.69) is 10.3 Å². The predicted molar refractivity (Wildman–Crippen MR) is 94.3 cm³/mol. The standard InChI is InChI=1S/C18H21N3O3S/c22-18(20-12-10-15-5-2-1-3-6-15)14-21(16-8-9-16)25(23,24)17-7-4-11-19-13-17/h1-7,11,13,16H,8-10,12,14H2,(H,20,22). The lowest BCUT2D eigenvalue weighted by molar-refractivity contribution is -0.121. The van der Waals surface area contributed by atoms with Gasteiger partial charge in [0.1, 0.15) is 4.90 Å². The minimum atomic E-state index is -3.70. The molecule has 1 aliphatic rings. The van der Waals surface area contributed by atoms with E-state index in [9.17, 15) is 13.2 Å². The number of hydrogen-bond donors (Lipinski definition) is 1. The van der Waals surface area contributed by atoms with Gasteiger partial charge in [-0.2, -0.15) is 4.31 Å². The van der Waals surface area contributed by atoms with E-state index in [4.69, 9.17) is 0 Å². The molecule has 2 aromatic rings. The molecule has 1 amide bonds. The highest BCUT2D eigenvalue weighted by atomic mass is 32.2. The Morgan fingerprint density at radius 3 is 2.56 bits per heavy atom. The van der Waals surface area contributed by atoms with Crippen molar-refractivity contribution in [2.24, 2.45) is 0 Å². The molecular formula is C18H21N3O3S. The predicted octanol–water partition coefficient (Wildman–Crippen LogP) is 1.59. The third-order valence-corrected chi connectivity index (χ3v) is 5.96. The van der Waals surface area contributed by atoms with Crippen LogP contribution >= 0.6 is 0 Å². The number of nitrogens with zero attached hydrogens (tertiary/aromatic N) is 2. The Kier molecular flexibility index (Phi) is 5.45. The average Bonchev–Trinajstić information content (AvgIpc) is 3.46. The first-order valence-corrected chi connectivity index (χ1v) is 9.74. The molecule has 0 spiro atoms. The molecular weight excluding hydrogens is 338 g/mol. The number of benzene rings is 1. The summed E-state index contributed by atoms with van der Waals surface area (Å²) in [6.07, 6.45) is 5.13. The molecule has 1 saturated carbocycles. The van der Waals surface area contributed by atoms with Crippen LogP contribution in [0.3, 0.4) is 0 Å². The molecule has 0 unspecified atom stereocenters. The van der Waals surface area contributed by atoms with Crippen molar-refractivity contribution in [1.82, 2.24) is 14.6 Å². The number of nitrogens with one attached hydrogen (secondary N) is 1. The van der Waals surface area contributed by atoms with Crippen molar-refractivity contribution in [3.05, 3.63) is 60.4 Å². The second-order valence-electron chi connectivity index (χ2n) is 6.06. The maximum Gasteiger partial charge on any atom is 0.245 e. The van der Waals surface area contributed by atoms with E-state index in [0.29, 0.717) is 13.0 Å². The summed E-state index contributed by atoms with van der Waals surface area (Å²) in [5.41, 5.74) is 1.13. The quantitative estimate of drug-likeness (QED) is 0.776. The van der Waals surface area contributed by atoms with Crippen LogP contribution in [0, 0.1) is 0 Å².